The molecule has 1 rings (SSSR count). The summed E-state index contributed by atoms with van der Waals surface area (Å²) in [5.41, 5.74) is -1.71. The highest BCUT2D eigenvalue weighted by Gasteiger charge is 2.36. The van der Waals surface area contributed by atoms with Crippen molar-refractivity contribution < 1.29 is 23.1 Å². The Hall–Kier alpha value is -1.56. The first-order chi connectivity index (χ1) is 8.21. The molecule has 1 unspecified atom stereocenters. The fourth-order valence-corrected chi connectivity index (χ4v) is 1.68. The molecule has 3 nitrogen and oxygen atoms in total. The number of halogens is 3. The van der Waals surface area contributed by atoms with E-state index in [9.17, 15) is 23.1 Å². The smallest absolute Gasteiger partial charge is 0.416 e. The molecule has 0 bridgehead atoms. The Morgan fingerprint density at radius 2 is 1.67 bits per heavy atom. The van der Waals surface area contributed by atoms with E-state index in [1.807, 2.05) is 0 Å². The van der Waals surface area contributed by atoms with Crippen LogP contribution in [-0.2, 0) is 16.4 Å². The molecule has 1 aromatic carbocycles. The first-order valence-corrected chi connectivity index (χ1v) is 5.27. The summed E-state index contributed by atoms with van der Waals surface area (Å²) in [4.78, 5) is 11.2. The predicted octanol–water partition coefficient (Wildman–Crippen LogP) is 2.27. The SMILES string of the molecule is CNCC(C)(C(=O)O)c1ccc(C(F)(F)F)cc1. The monoisotopic (exact) mass is 261 g/mol. The Balaban J connectivity index is 3.13. The third-order valence-corrected chi connectivity index (χ3v) is 2.85. The van der Waals surface area contributed by atoms with Crippen molar-refractivity contribution in [3.8, 4) is 0 Å². The maximum atomic E-state index is 12.4. The van der Waals surface area contributed by atoms with Crippen LogP contribution >= 0.6 is 0 Å². The average molecular weight is 261 g/mol. The molecule has 0 aromatic heterocycles. The van der Waals surface area contributed by atoms with Gasteiger partial charge >= 0.3 is 12.1 Å². The molecule has 0 heterocycles. The van der Waals surface area contributed by atoms with Crippen molar-refractivity contribution in [3.63, 3.8) is 0 Å². The van der Waals surface area contributed by atoms with Crippen molar-refractivity contribution in [3.05, 3.63) is 35.4 Å². The lowest BCUT2D eigenvalue weighted by atomic mass is 9.82. The van der Waals surface area contributed by atoms with Crippen molar-refractivity contribution in [2.75, 3.05) is 13.6 Å². The quantitative estimate of drug-likeness (QED) is 0.874. The van der Waals surface area contributed by atoms with Gasteiger partial charge < -0.3 is 10.4 Å². The highest BCUT2D eigenvalue weighted by atomic mass is 19.4. The third-order valence-electron chi connectivity index (χ3n) is 2.85. The van der Waals surface area contributed by atoms with Gasteiger partial charge in [0, 0.05) is 6.54 Å². The van der Waals surface area contributed by atoms with Crippen LogP contribution in [0, 0.1) is 0 Å². The lowest BCUT2D eigenvalue weighted by Crippen LogP contribution is -2.41. The zero-order chi connectivity index (χ0) is 14.0. The number of likely N-dealkylation sites (N-methyl/N-ethyl adjacent to an activating group) is 1. The van der Waals surface area contributed by atoms with E-state index in [1.165, 1.54) is 19.1 Å². The molecule has 0 aliphatic heterocycles. The van der Waals surface area contributed by atoms with Crippen LogP contribution in [0.1, 0.15) is 18.1 Å². The van der Waals surface area contributed by atoms with Gasteiger partial charge in [0.1, 0.15) is 5.41 Å². The van der Waals surface area contributed by atoms with Crippen LogP contribution in [0.4, 0.5) is 13.2 Å². The first-order valence-electron chi connectivity index (χ1n) is 5.27. The number of benzene rings is 1. The van der Waals surface area contributed by atoms with Gasteiger partial charge in [-0.3, -0.25) is 4.79 Å². The van der Waals surface area contributed by atoms with Gasteiger partial charge in [-0.2, -0.15) is 13.2 Å². The molecule has 100 valence electrons. The Labute approximate surface area is 103 Å². The minimum atomic E-state index is -4.42. The van der Waals surface area contributed by atoms with Gasteiger partial charge in [0.2, 0.25) is 0 Å². The minimum Gasteiger partial charge on any atom is -0.481 e. The number of aliphatic carboxylic acids is 1. The molecule has 0 saturated heterocycles. The van der Waals surface area contributed by atoms with Crippen LogP contribution in [0.2, 0.25) is 0 Å². The largest absolute Gasteiger partial charge is 0.481 e. The number of hydrogen-bond donors (Lipinski definition) is 2. The van der Waals surface area contributed by atoms with Crippen LogP contribution in [0.25, 0.3) is 0 Å². The number of carboxylic acid groups (broad SMARTS) is 1. The highest BCUT2D eigenvalue weighted by Crippen LogP contribution is 2.31. The van der Waals surface area contributed by atoms with Gasteiger partial charge in [0.15, 0.2) is 0 Å². The number of carbonyl (C=O) groups is 1. The lowest BCUT2D eigenvalue weighted by molar-refractivity contribution is -0.143. The summed E-state index contributed by atoms with van der Waals surface area (Å²) in [5, 5.41) is 11.9. The molecule has 1 atom stereocenters. The molecule has 0 aliphatic rings. The van der Waals surface area contributed by atoms with Gasteiger partial charge in [0.25, 0.3) is 0 Å². The van der Waals surface area contributed by atoms with Crippen LogP contribution in [0.15, 0.2) is 24.3 Å². The topological polar surface area (TPSA) is 49.3 Å². The lowest BCUT2D eigenvalue weighted by Gasteiger charge is -2.25. The van der Waals surface area contributed by atoms with Crippen molar-refractivity contribution >= 4 is 5.97 Å². The Morgan fingerprint density at radius 3 is 2.00 bits per heavy atom. The zero-order valence-corrected chi connectivity index (χ0v) is 10.0. The summed E-state index contributed by atoms with van der Waals surface area (Å²) in [6.07, 6.45) is -4.42. The van der Waals surface area contributed by atoms with Crippen LogP contribution in [0.3, 0.4) is 0 Å². The molecular weight excluding hydrogens is 247 g/mol. The second kappa shape index (κ2) is 4.97. The summed E-state index contributed by atoms with van der Waals surface area (Å²) in [6, 6.07) is 4.20. The summed E-state index contributed by atoms with van der Waals surface area (Å²) in [6.45, 7) is 1.60. The Kier molecular flexibility index (Phi) is 4.01. The molecule has 0 aliphatic carbocycles. The molecule has 1 aromatic rings. The number of rotatable bonds is 4. The molecule has 0 radical (unpaired) electrons. The van der Waals surface area contributed by atoms with Crippen molar-refractivity contribution in [1.82, 2.24) is 5.32 Å². The van der Waals surface area contributed by atoms with E-state index in [-0.39, 0.29) is 6.54 Å². The van der Waals surface area contributed by atoms with E-state index in [2.05, 4.69) is 5.32 Å². The molecule has 0 fully saturated rings. The summed E-state index contributed by atoms with van der Waals surface area (Å²) >= 11 is 0. The van der Waals surface area contributed by atoms with Gasteiger partial charge in [-0.25, -0.2) is 0 Å². The summed E-state index contributed by atoms with van der Waals surface area (Å²) in [7, 11) is 1.59. The number of nitrogens with one attached hydrogen (secondary N) is 1. The Morgan fingerprint density at radius 1 is 1.22 bits per heavy atom. The van der Waals surface area contributed by atoms with Crippen LogP contribution in [-0.4, -0.2) is 24.7 Å². The fraction of sp³-hybridized carbons (Fsp3) is 0.417. The van der Waals surface area contributed by atoms with Gasteiger partial charge in [-0.1, -0.05) is 12.1 Å². The summed E-state index contributed by atoms with van der Waals surface area (Å²) < 4.78 is 37.2. The van der Waals surface area contributed by atoms with Gasteiger partial charge in [-0.05, 0) is 31.7 Å². The van der Waals surface area contributed by atoms with Gasteiger partial charge in [-0.15, -0.1) is 0 Å². The maximum Gasteiger partial charge on any atom is 0.416 e. The van der Waals surface area contributed by atoms with E-state index in [0.717, 1.165) is 12.1 Å². The van der Waals surface area contributed by atoms with E-state index in [0.29, 0.717) is 5.56 Å². The van der Waals surface area contributed by atoms with Gasteiger partial charge in [0.05, 0.1) is 5.56 Å². The standard InChI is InChI=1S/C12H14F3NO2/c1-11(7-16-2,10(17)18)8-3-5-9(6-4-8)12(13,14)15/h3-6,16H,7H2,1-2H3,(H,17,18). The van der Waals surface area contributed by atoms with E-state index in [1.54, 1.807) is 7.05 Å². The van der Waals surface area contributed by atoms with Crippen LogP contribution in [0.5, 0.6) is 0 Å². The van der Waals surface area contributed by atoms with E-state index >= 15 is 0 Å². The Bertz CT molecular complexity index is 428. The number of alkyl halides is 3. The first kappa shape index (κ1) is 14.5. The second-order valence-corrected chi connectivity index (χ2v) is 4.24. The third kappa shape index (κ3) is 2.81. The fourth-order valence-electron chi connectivity index (χ4n) is 1.68. The predicted molar refractivity (Wildman–Crippen MR) is 60.4 cm³/mol. The maximum absolute atomic E-state index is 12.4. The normalized spacial score (nSPS) is 15.2. The average Bonchev–Trinajstić information content (AvgIpc) is 2.28. The zero-order valence-electron chi connectivity index (χ0n) is 10.0. The number of carboxylic acids is 1. The van der Waals surface area contributed by atoms with Crippen molar-refractivity contribution in [1.29, 1.82) is 0 Å². The second-order valence-electron chi connectivity index (χ2n) is 4.24. The molecular formula is C12H14F3NO2. The molecule has 18 heavy (non-hydrogen) atoms. The molecule has 0 amide bonds. The highest BCUT2D eigenvalue weighted by molar-refractivity contribution is 5.81. The molecule has 6 heteroatoms. The molecule has 0 saturated carbocycles. The molecule has 2 N–H and O–H groups in total. The summed E-state index contributed by atoms with van der Waals surface area (Å²) in [5.74, 6) is -1.09. The van der Waals surface area contributed by atoms with E-state index < -0.39 is 23.1 Å². The molecule has 0 spiro atoms. The van der Waals surface area contributed by atoms with Crippen molar-refractivity contribution in [2.24, 2.45) is 0 Å². The van der Waals surface area contributed by atoms with Crippen LogP contribution < -0.4 is 5.32 Å². The van der Waals surface area contributed by atoms with Crippen molar-refractivity contribution in [2.45, 2.75) is 18.5 Å². The number of hydrogen-bond acceptors (Lipinski definition) is 2. The minimum absolute atomic E-state index is 0.133. The van der Waals surface area contributed by atoms with E-state index in [4.69, 9.17) is 0 Å².